The van der Waals surface area contributed by atoms with Gasteiger partial charge in [-0.25, -0.2) is 17.3 Å². The number of phenols is 1. The molecule has 2 aromatic heterocycles. The van der Waals surface area contributed by atoms with E-state index in [0.29, 0.717) is 10.5 Å². The molecule has 0 fully saturated rings. The van der Waals surface area contributed by atoms with Crippen molar-refractivity contribution in [2.75, 3.05) is 4.72 Å². The Labute approximate surface area is 143 Å². The lowest BCUT2D eigenvalue weighted by atomic mass is 10.3. The molecule has 0 aliphatic heterocycles. The summed E-state index contributed by atoms with van der Waals surface area (Å²) in [5.41, 5.74) is 0.0120. The fraction of sp³-hybridized carbons (Fsp3) is 0. The molecule has 3 aromatic rings. The molecule has 0 unspecified atom stereocenters. The molecular formula is C13H8BrClFN3O3S. The Morgan fingerprint density at radius 1 is 1.35 bits per heavy atom. The van der Waals surface area contributed by atoms with Crippen molar-refractivity contribution in [3.63, 3.8) is 0 Å². The molecule has 2 N–H and O–H groups in total. The molecule has 1 aromatic carbocycles. The van der Waals surface area contributed by atoms with Gasteiger partial charge in [0.05, 0.1) is 26.9 Å². The van der Waals surface area contributed by atoms with Gasteiger partial charge in [-0.2, -0.15) is 5.10 Å². The van der Waals surface area contributed by atoms with Gasteiger partial charge in [0.2, 0.25) is 0 Å². The molecular weight excluding hydrogens is 413 g/mol. The van der Waals surface area contributed by atoms with E-state index in [4.69, 9.17) is 11.6 Å². The second-order valence-corrected chi connectivity index (χ2v) is 7.52. The number of sulfonamides is 1. The molecule has 0 bridgehead atoms. The van der Waals surface area contributed by atoms with Crippen LogP contribution in [-0.2, 0) is 10.0 Å². The van der Waals surface area contributed by atoms with E-state index in [1.807, 2.05) is 0 Å². The van der Waals surface area contributed by atoms with Crippen LogP contribution in [0.2, 0.25) is 5.02 Å². The number of aromatic hydroxyl groups is 1. The third kappa shape index (κ3) is 2.99. The SMILES string of the molecule is O=S(=O)(Nc1cc(F)c(Br)cc1O)c1cnn2cc(Cl)ccc12. The summed E-state index contributed by atoms with van der Waals surface area (Å²) in [6.07, 6.45) is 2.59. The maximum Gasteiger partial charge on any atom is 0.265 e. The van der Waals surface area contributed by atoms with Crippen LogP contribution in [-0.4, -0.2) is 23.1 Å². The number of nitrogens with one attached hydrogen (secondary N) is 1. The first-order valence-electron chi connectivity index (χ1n) is 6.11. The van der Waals surface area contributed by atoms with Crippen molar-refractivity contribution in [3.05, 3.63) is 52.0 Å². The fourth-order valence-corrected chi connectivity index (χ4v) is 3.63. The van der Waals surface area contributed by atoms with Gasteiger partial charge in [-0.15, -0.1) is 0 Å². The molecule has 2 heterocycles. The Kier molecular flexibility index (Phi) is 3.95. The van der Waals surface area contributed by atoms with E-state index < -0.39 is 21.6 Å². The molecule has 0 saturated heterocycles. The summed E-state index contributed by atoms with van der Waals surface area (Å²) in [6.45, 7) is 0. The number of anilines is 1. The van der Waals surface area contributed by atoms with Crippen molar-refractivity contribution in [2.45, 2.75) is 4.90 Å². The van der Waals surface area contributed by atoms with Crippen molar-refractivity contribution < 1.29 is 17.9 Å². The second kappa shape index (κ2) is 5.66. The van der Waals surface area contributed by atoms with E-state index in [-0.39, 0.29) is 15.1 Å². The number of benzene rings is 1. The molecule has 0 aliphatic rings. The zero-order valence-corrected chi connectivity index (χ0v) is 14.3. The number of hydrogen-bond donors (Lipinski definition) is 2. The molecule has 10 heteroatoms. The minimum atomic E-state index is -4.08. The first-order valence-corrected chi connectivity index (χ1v) is 8.77. The summed E-state index contributed by atoms with van der Waals surface area (Å²) in [6, 6.07) is 4.95. The lowest BCUT2D eigenvalue weighted by molar-refractivity contribution is 0.475. The van der Waals surface area contributed by atoms with Crippen LogP contribution in [0.15, 0.2) is 46.0 Å². The third-order valence-corrected chi connectivity index (χ3v) is 5.23. The van der Waals surface area contributed by atoms with E-state index in [9.17, 15) is 17.9 Å². The Bertz CT molecular complexity index is 1020. The van der Waals surface area contributed by atoms with Gasteiger partial charge in [0.15, 0.2) is 0 Å². The zero-order valence-electron chi connectivity index (χ0n) is 11.2. The number of halogens is 3. The quantitative estimate of drug-likeness (QED) is 0.636. The normalized spacial score (nSPS) is 11.8. The number of hydrogen-bond acceptors (Lipinski definition) is 4. The van der Waals surface area contributed by atoms with Crippen LogP contribution >= 0.6 is 27.5 Å². The zero-order chi connectivity index (χ0) is 16.8. The summed E-state index contributed by atoms with van der Waals surface area (Å²) < 4.78 is 41.9. The van der Waals surface area contributed by atoms with Crippen LogP contribution in [0, 0.1) is 5.82 Å². The molecule has 0 saturated carbocycles. The number of phenolic OH excluding ortho intramolecular Hbond substituents is 1. The van der Waals surface area contributed by atoms with Gasteiger partial charge in [0, 0.05) is 12.3 Å². The van der Waals surface area contributed by atoms with Gasteiger partial charge < -0.3 is 5.11 Å². The van der Waals surface area contributed by atoms with Gasteiger partial charge in [0.1, 0.15) is 16.5 Å². The maximum atomic E-state index is 13.6. The largest absolute Gasteiger partial charge is 0.506 e. The molecule has 23 heavy (non-hydrogen) atoms. The highest BCUT2D eigenvalue weighted by Gasteiger charge is 2.22. The number of fused-ring (bicyclic) bond motifs is 1. The van der Waals surface area contributed by atoms with Crippen LogP contribution in [0.4, 0.5) is 10.1 Å². The van der Waals surface area contributed by atoms with E-state index in [2.05, 4.69) is 25.8 Å². The highest BCUT2D eigenvalue weighted by atomic mass is 79.9. The van der Waals surface area contributed by atoms with Gasteiger partial charge in [-0.3, -0.25) is 4.72 Å². The average molecular weight is 421 g/mol. The Morgan fingerprint density at radius 2 is 2.09 bits per heavy atom. The van der Waals surface area contributed by atoms with Crippen LogP contribution in [0.3, 0.4) is 0 Å². The van der Waals surface area contributed by atoms with Crippen LogP contribution in [0.5, 0.6) is 5.75 Å². The summed E-state index contributed by atoms with van der Waals surface area (Å²) in [5, 5.41) is 14.1. The molecule has 120 valence electrons. The monoisotopic (exact) mass is 419 g/mol. The molecule has 0 spiro atoms. The molecule has 6 nitrogen and oxygen atoms in total. The smallest absolute Gasteiger partial charge is 0.265 e. The van der Waals surface area contributed by atoms with Crippen molar-refractivity contribution in [1.29, 1.82) is 0 Å². The first kappa shape index (κ1) is 16.0. The van der Waals surface area contributed by atoms with Crippen molar-refractivity contribution in [2.24, 2.45) is 0 Å². The highest BCUT2D eigenvalue weighted by molar-refractivity contribution is 9.10. The molecule has 3 rings (SSSR count). The molecule has 0 aliphatic carbocycles. The number of nitrogens with zero attached hydrogens (tertiary/aromatic N) is 2. The van der Waals surface area contributed by atoms with E-state index in [1.165, 1.54) is 22.8 Å². The van der Waals surface area contributed by atoms with E-state index in [0.717, 1.165) is 18.3 Å². The van der Waals surface area contributed by atoms with E-state index >= 15 is 0 Å². The lowest BCUT2D eigenvalue weighted by Crippen LogP contribution is -2.13. The molecule has 0 atom stereocenters. The van der Waals surface area contributed by atoms with Gasteiger partial charge >= 0.3 is 0 Å². The van der Waals surface area contributed by atoms with Crippen LogP contribution < -0.4 is 4.72 Å². The fourth-order valence-electron chi connectivity index (χ4n) is 1.96. The van der Waals surface area contributed by atoms with E-state index in [1.54, 1.807) is 0 Å². The predicted molar refractivity (Wildman–Crippen MR) is 86.8 cm³/mol. The van der Waals surface area contributed by atoms with Gasteiger partial charge in [-0.05, 0) is 34.1 Å². The third-order valence-electron chi connectivity index (χ3n) is 3.02. The van der Waals surface area contributed by atoms with Gasteiger partial charge in [0.25, 0.3) is 10.0 Å². The standard InChI is InChI=1S/C13H8BrClFN3O3S/c14-8-3-12(20)10(4-9(8)16)18-23(21,22)13-5-17-19-6-7(15)1-2-11(13)19/h1-6,18,20H. The Balaban J connectivity index is 2.06. The number of aromatic nitrogens is 2. The summed E-state index contributed by atoms with van der Waals surface area (Å²) >= 11 is 8.72. The van der Waals surface area contributed by atoms with Crippen LogP contribution in [0.1, 0.15) is 0 Å². The summed E-state index contributed by atoms with van der Waals surface area (Å²) in [5.74, 6) is -1.13. The first-order chi connectivity index (χ1) is 10.8. The minimum Gasteiger partial charge on any atom is -0.506 e. The topological polar surface area (TPSA) is 83.7 Å². The average Bonchev–Trinajstić information content (AvgIpc) is 2.88. The number of pyridine rings is 1. The summed E-state index contributed by atoms with van der Waals surface area (Å²) in [4.78, 5) is -0.128. The minimum absolute atomic E-state index is 0.0172. The van der Waals surface area contributed by atoms with Crippen LogP contribution in [0.25, 0.3) is 5.52 Å². The summed E-state index contributed by atoms with van der Waals surface area (Å²) in [7, 11) is -4.08. The van der Waals surface area contributed by atoms with Crippen molar-refractivity contribution in [1.82, 2.24) is 9.61 Å². The highest BCUT2D eigenvalue weighted by Crippen LogP contribution is 2.32. The van der Waals surface area contributed by atoms with Gasteiger partial charge in [-0.1, -0.05) is 11.6 Å². The van der Waals surface area contributed by atoms with Crippen molar-refractivity contribution in [3.8, 4) is 5.75 Å². The Hall–Kier alpha value is -1.84. The second-order valence-electron chi connectivity index (χ2n) is 4.57. The predicted octanol–water partition coefficient (Wildman–Crippen LogP) is 3.40. The van der Waals surface area contributed by atoms with Crippen molar-refractivity contribution >= 4 is 48.8 Å². The molecule has 0 amide bonds. The lowest BCUT2D eigenvalue weighted by Gasteiger charge is -2.09. The number of rotatable bonds is 3. The maximum absolute atomic E-state index is 13.6. The Morgan fingerprint density at radius 3 is 2.83 bits per heavy atom. The molecule has 0 radical (unpaired) electrons.